The van der Waals surface area contributed by atoms with Gasteiger partial charge in [0.05, 0.1) is 7.11 Å². The molecule has 0 fully saturated rings. The Balaban J connectivity index is 2.68. The molecule has 94 valence electrons. The molecule has 1 aromatic carbocycles. The molecule has 3 N–H and O–H groups in total. The number of nitrogens with zero attached hydrogens (tertiary/aromatic N) is 1. The van der Waals surface area contributed by atoms with Crippen LogP contribution in [0.3, 0.4) is 0 Å². The number of carboxylic acids is 1. The summed E-state index contributed by atoms with van der Waals surface area (Å²) in [6.07, 6.45) is 0. The van der Waals surface area contributed by atoms with E-state index in [1.165, 1.54) is 7.11 Å². The first kappa shape index (κ1) is 12.7. The van der Waals surface area contributed by atoms with E-state index in [9.17, 15) is 4.79 Å². The van der Waals surface area contributed by atoms with Crippen molar-refractivity contribution in [3.05, 3.63) is 28.1 Å². The number of nitrogen functional groups attached to an aromatic ring is 1. The van der Waals surface area contributed by atoms with Crippen molar-refractivity contribution in [2.75, 3.05) is 12.8 Å². The van der Waals surface area contributed by atoms with Crippen molar-refractivity contribution in [2.24, 2.45) is 0 Å². The molecule has 5 nitrogen and oxygen atoms in total. The number of carbonyl (C=O) groups is 1. The second kappa shape index (κ2) is 4.83. The summed E-state index contributed by atoms with van der Waals surface area (Å²) in [6.45, 7) is 0. The Morgan fingerprint density at radius 1 is 1.56 bits per heavy atom. The highest BCUT2D eigenvalue weighted by atomic mass is 35.5. The zero-order valence-corrected chi connectivity index (χ0v) is 10.9. The van der Waals surface area contributed by atoms with Gasteiger partial charge in [-0.2, -0.15) is 0 Å². The lowest BCUT2D eigenvalue weighted by molar-refractivity contribution is 0.0702. The number of aromatic nitrogens is 1. The third-order valence-corrected chi connectivity index (χ3v) is 3.36. The van der Waals surface area contributed by atoms with Gasteiger partial charge in [0.25, 0.3) is 0 Å². The molecule has 0 atom stereocenters. The van der Waals surface area contributed by atoms with E-state index in [0.717, 1.165) is 11.3 Å². The number of hydrogen-bond acceptors (Lipinski definition) is 5. The molecule has 0 radical (unpaired) electrons. The fourth-order valence-electron chi connectivity index (χ4n) is 1.53. The molecule has 7 heteroatoms. The summed E-state index contributed by atoms with van der Waals surface area (Å²) in [4.78, 5) is 15.2. The summed E-state index contributed by atoms with van der Waals surface area (Å²) < 4.78 is 5.17. The molecular formula is C11H9ClN2O3S. The number of aromatic carboxylic acids is 1. The monoisotopic (exact) mass is 284 g/mol. The Morgan fingerprint density at radius 2 is 2.28 bits per heavy atom. The van der Waals surface area contributed by atoms with E-state index in [0.29, 0.717) is 16.3 Å². The fourth-order valence-corrected chi connectivity index (χ4v) is 2.39. The maximum Gasteiger partial charge on any atom is 0.348 e. The number of hydrogen-bond donors (Lipinski definition) is 2. The van der Waals surface area contributed by atoms with Crippen molar-refractivity contribution >= 4 is 34.0 Å². The summed E-state index contributed by atoms with van der Waals surface area (Å²) in [5, 5.41) is 9.77. The molecular weight excluding hydrogens is 276 g/mol. The Labute approximate surface area is 112 Å². The van der Waals surface area contributed by atoms with Crippen LogP contribution in [0.2, 0.25) is 5.02 Å². The number of anilines is 1. The highest BCUT2D eigenvalue weighted by Gasteiger charge is 2.20. The van der Waals surface area contributed by atoms with E-state index < -0.39 is 5.97 Å². The molecule has 0 aliphatic rings. The summed E-state index contributed by atoms with van der Waals surface area (Å²) in [5.41, 5.74) is 6.33. The fraction of sp³-hybridized carbons (Fsp3) is 0.0909. The van der Waals surface area contributed by atoms with Crippen molar-refractivity contribution in [3.63, 3.8) is 0 Å². The van der Waals surface area contributed by atoms with Crippen molar-refractivity contribution < 1.29 is 14.6 Å². The minimum atomic E-state index is -1.08. The van der Waals surface area contributed by atoms with Crippen LogP contribution in [-0.4, -0.2) is 23.2 Å². The topological polar surface area (TPSA) is 85.4 Å². The van der Waals surface area contributed by atoms with Gasteiger partial charge in [-0.1, -0.05) is 22.9 Å². The molecule has 2 aromatic rings. The van der Waals surface area contributed by atoms with Crippen LogP contribution < -0.4 is 10.5 Å². The number of rotatable bonds is 3. The van der Waals surface area contributed by atoms with E-state index in [-0.39, 0.29) is 15.7 Å². The number of ether oxygens (including phenoxy) is 1. The standard InChI is InChI=1S/C11H9ClN2O3S/c1-17-7-3-2-5(12)4-6(7)8-9(10(15)16)18-11(13)14-8/h2-4H,1H3,(H2,13,14)(H,15,16). The normalized spacial score (nSPS) is 10.3. The predicted octanol–water partition coefficient (Wildman–Crippen LogP) is 2.75. The predicted molar refractivity (Wildman–Crippen MR) is 70.5 cm³/mol. The second-order valence-electron chi connectivity index (χ2n) is 3.38. The van der Waals surface area contributed by atoms with E-state index >= 15 is 0 Å². The van der Waals surface area contributed by atoms with Gasteiger partial charge in [0.1, 0.15) is 16.3 Å². The lowest BCUT2D eigenvalue weighted by atomic mass is 10.1. The lowest BCUT2D eigenvalue weighted by Crippen LogP contribution is -1.97. The summed E-state index contributed by atoms with van der Waals surface area (Å²) in [7, 11) is 1.49. The summed E-state index contributed by atoms with van der Waals surface area (Å²) >= 11 is 6.81. The quantitative estimate of drug-likeness (QED) is 0.905. The molecule has 0 aliphatic carbocycles. The number of halogens is 1. The van der Waals surface area contributed by atoms with E-state index in [1.807, 2.05) is 0 Å². The molecule has 2 rings (SSSR count). The number of carboxylic acid groups (broad SMARTS) is 1. The van der Waals surface area contributed by atoms with Crippen LogP contribution in [0.1, 0.15) is 9.67 Å². The van der Waals surface area contributed by atoms with Crippen LogP contribution in [0.4, 0.5) is 5.13 Å². The van der Waals surface area contributed by atoms with Gasteiger partial charge in [-0.3, -0.25) is 0 Å². The molecule has 0 unspecified atom stereocenters. The first-order valence-electron chi connectivity index (χ1n) is 4.86. The number of thiazole rings is 1. The van der Waals surface area contributed by atoms with Crippen LogP contribution in [0, 0.1) is 0 Å². The van der Waals surface area contributed by atoms with Crippen LogP contribution in [-0.2, 0) is 0 Å². The Kier molecular flexibility index (Phi) is 3.40. The average molecular weight is 285 g/mol. The molecule has 0 amide bonds. The Hall–Kier alpha value is -1.79. The molecule has 0 aliphatic heterocycles. The van der Waals surface area contributed by atoms with E-state index in [4.69, 9.17) is 27.2 Å². The maximum atomic E-state index is 11.1. The van der Waals surface area contributed by atoms with Gasteiger partial charge < -0.3 is 15.6 Å². The van der Waals surface area contributed by atoms with Crippen molar-refractivity contribution in [3.8, 4) is 17.0 Å². The van der Waals surface area contributed by atoms with Gasteiger partial charge in [0, 0.05) is 10.6 Å². The molecule has 1 heterocycles. The average Bonchev–Trinajstić information content (AvgIpc) is 2.71. The minimum Gasteiger partial charge on any atom is -0.496 e. The molecule has 0 saturated heterocycles. The maximum absolute atomic E-state index is 11.1. The number of benzene rings is 1. The third-order valence-electron chi connectivity index (χ3n) is 2.25. The molecule has 0 spiro atoms. The third kappa shape index (κ3) is 2.25. The zero-order chi connectivity index (χ0) is 13.3. The van der Waals surface area contributed by atoms with Crippen molar-refractivity contribution in [1.82, 2.24) is 4.98 Å². The van der Waals surface area contributed by atoms with Crippen LogP contribution in [0.5, 0.6) is 5.75 Å². The van der Waals surface area contributed by atoms with Crippen LogP contribution in [0.15, 0.2) is 18.2 Å². The summed E-state index contributed by atoms with van der Waals surface area (Å²) in [6, 6.07) is 4.90. The molecule has 18 heavy (non-hydrogen) atoms. The largest absolute Gasteiger partial charge is 0.496 e. The number of nitrogens with two attached hydrogens (primary N) is 1. The van der Waals surface area contributed by atoms with Crippen LogP contribution in [0.25, 0.3) is 11.3 Å². The first-order chi connectivity index (χ1) is 8.52. The van der Waals surface area contributed by atoms with Gasteiger partial charge in [-0.15, -0.1) is 0 Å². The van der Waals surface area contributed by atoms with Gasteiger partial charge in [0.2, 0.25) is 0 Å². The van der Waals surface area contributed by atoms with Gasteiger partial charge >= 0.3 is 5.97 Å². The summed E-state index contributed by atoms with van der Waals surface area (Å²) in [5.74, 6) is -0.589. The minimum absolute atomic E-state index is 0.0630. The van der Waals surface area contributed by atoms with Crippen molar-refractivity contribution in [2.45, 2.75) is 0 Å². The van der Waals surface area contributed by atoms with E-state index in [1.54, 1.807) is 18.2 Å². The van der Waals surface area contributed by atoms with Gasteiger partial charge in [0.15, 0.2) is 5.13 Å². The van der Waals surface area contributed by atoms with Crippen LogP contribution >= 0.6 is 22.9 Å². The van der Waals surface area contributed by atoms with Crippen molar-refractivity contribution in [1.29, 1.82) is 0 Å². The first-order valence-corrected chi connectivity index (χ1v) is 6.06. The highest BCUT2D eigenvalue weighted by Crippen LogP contribution is 2.36. The smallest absolute Gasteiger partial charge is 0.348 e. The van der Waals surface area contributed by atoms with Gasteiger partial charge in [-0.05, 0) is 18.2 Å². The SMILES string of the molecule is COc1ccc(Cl)cc1-c1nc(N)sc1C(=O)O. The molecule has 1 aromatic heterocycles. The zero-order valence-electron chi connectivity index (χ0n) is 9.31. The Morgan fingerprint density at radius 3 is 2.89 bits per heavy atom. The van der Waals surface area contributed by atoms with E-state index in [2.05, 4.69) is 4.98 Å². The highest BCUT2D eigenvalue weighted by molar-refractivity contribution is 7.17. The number of methoxy groups -OCH3 is 1. The second-order valence-corrected chi connectivity index (χ2v) is 4.85. The Bertz CT molecular complexity index is 612. The lowest BCUT2D eigenvalue weighted by Gasteiger charge is -2.07. The van der Waals surface area contributed by atoms with Gasteiger partial charge in [-0.25, -0.2) is 9.78 Å². The molecule has 0 saturated carbocycles. The molecule has 0 bridgehead atoms.